The van der Waals surface area contributed by atoms with Crippen LogP contribution < -0.4 is 16.6 Å². The molecular formula is C10H15N3O4. The number of H-pyrrole nitrogens is 1. The molecule has 0 aliphatic heterocycles. The molecule has 7 nitrogen and oxygen atoms in total. The lowest BCUT2D eigenvalue weighted by molar-refractivity contribution is -0.121. The average Bonchev–Trinajstić information content (AvgIpc) is 2.25. The van der Waals surface area contributed by atoms with E-state index in [1.54, 1.807) is 13.8 Å². The number of nitrogens with one attached hydrogen (secondary N) is 2. The van der Waals surface area contributed by atoms with Crippen LogP contribution in [0.3, 0.4) is 0 Å². The second-order valence-corrected chi connectivity index (χ2v) is 3.45. The molecule has 17 heavy (non-hydrogen) atoms. The van der Waals surface area contributed by atoms with Gasteiger partial charge in [-0.15, -0.1) is 0 Å². The summed E-state index contributed by atoms with van der Waals surface area (Å²) in [6.07, 6.45) is 0.275. The molecule has 3 N–H and O–H groups in total. The molecule has 0 radical (unpaired) electrons. The Kier molecular flexibility index (Phi) is 4.08. The summed E-state index contributed by atoms with van der Waals surface area (Å²) >= 11 is 0. The van der Waals surface area contributed by atoms with Crippen LogP contribution in [0.4, 0.5) is 0 Å². The number of carbonyl (C=O) groups is 1. The molecule has 0 unspecified atom stereocenters. The molecule has 0 atom stereocenters. The Morgan fingerprint density at radius 3 is 2.59 bits per heavy atom. The van der Waals surface area contributed by atoms with Gasteiger partial charge >= 0.3 is 5.69 Å². The molecule has 0 aromatic carbocycles. The molecule has 1 aromatic rings. The smallest absolute Gasteiger partial charge is 0.331 e. The molecule has 0 fully saturated rings. The number of hydrogen-bond acceptors (Lipinski definition) is 4. The summed E-state index contributed by atoms with van der Waals surface area (Å²) in [6.45, 7) is 3.52. The normalized spacial score (nSPS) is 10.2. The van der Waals surface area contributed by atoms with Gasteiger partial charge in [-0.25, -0.2) is 4.79 Å². The maximum absolute atomic E-state index is 11.4. The SMILES string of the molecule is CCNC(=O)Cn1c(O)c(CC)c(=O)[nH]c1=O. The summed E-state index contributed by atoms with van der Waals surface area (Å²) in [5, 5.41) is 12.2. The highest BCUT2D eigenvalue weighted by Crippen LogP contribution is 2.09. The van der Waals surface area contributed by atoms with Crippen molar-refractivity contribution in [2.45, 2.75) is 26.8 Å². The van der Waals surface area contributed by atoms with Crippen LogP contribution in [0.15, 0.2) is 9.59 Å². The first kappa shape index (κ1) is 13.0. The minimum absolute atomic E-state index is 0.0916. The molecular weight excluding hydrogens is 226 g/mol. The van der Waals surface area contributed by atoms with Gasteiger partial charge in [0, 0.05) is 6.54 Å². The van der Waals surface area contributed by atoms with Gasteiger partial charge in [0.25, 0.3) is 5.56 Å². The molecule has 0 spiro atoms. The maximum Gasteiger partial charge on any atom is 0.331 e. The van der Waals surface area contributed by atoms with Crippen molar-refractivity contribution in [1.29, 1.82) is 0 Å². The summed E-state index contributed by atoms with van der Waals surface area (Å²) in [5.74, 6) is -0.855. The van der Waals surface area contributed by atoms with Gasteiger partial charge in [0.15, 0.2) is 0 Å². The Morgan fingerprint density at radius 2 is 2.06 bits per heavy atom. The van der Waals surface area contributed by atoms with Gasteiger partial charge in [-0.1, -0.05) is 6.92 Å². The molecule has 1 amide bonds. The Bertz CT molecular complexity index is 529. The van der Waals surface area contributed by atoms with Gasteiger partial charge < -0.3 is 10.4 Å². The number of carbonyl (C=O) groups excluding carboxylic acids is 1. The number of hydrogen-bond donors (Lipinski definition) is 3. The topological polar surface area (TPSA) is 104 Å². The monoisotopic (exact) mass is 241 g/mol. The van der Waals surface area contributed by atoms with Gasteiger partial charge in [0.1, 0.15) is 6.54 Å². The highest BCUT2D eigenvalue weighted by molar-refractivity contribution is 5.75. The quantitative estimate of drug-likeness (QED) is 0.625. The summed E-state index contributed by atoms with van der Waals surface area (Å²) in [5.41, 5.74) is -1.33. The largest absolute Gasteiger partial charge is 0.494 e. The number of nitrogens with zero attached hydrogens (tertiary/aromatic N) is 1. The summed E-state index contributed by atoms with van der Waals surface area (Å²) < 4.78 is 0.839. The van der Waals surface area contributed by atoms with E-state index in [2.05, 4.69) is 10.3 Å². The van der Waals surface area contributed by atoms with Crippen molar-refractivity contribution in [1.82, 2.24) is 14.9 Å². The van der Waals surface area contributed by atoms with Gasteiger partial charge in [-0.2, -0.15) is 0 Å². The van der Waals surface area contributed by atoms with E-state index in [0.717, 1.165) is 4.57 Å². The van der Waals surface area contributed by atoms with Crippen LogP contribution in [-0.4, -0.2) is 27.1 Å². The van der Waals surface area contributed by atoms with Crippen LogP contribution >= 0.6 is 0 Å². The standard InChI is InChI=1S/C10H15N3O4/c1-3-6-8(15)12-10(17)13(9(6)16)5-7(14)11-4-2/h16H,3-5H2,1-2H3,(H,11,14)(H,12,15,17). The molecule has 0 aliphatic carbocycles. The van der Waals surface area contributed by atoms with Crippen molar-refractivity contribution < 1.29 is 9.90 Å². The van der Waals surface area contributed by atoms with Gasteiger partial charge in [0.05, 0.1) is 5.56 Å². The van der Waals surface area contributed by atoms with Gasteiger partial charge in [-0.3, -0.25) is 19.1 Å². The lowest BCUT2D eigenvalue weighted by Gasteiger charge is -2.09. The summed E-state index contributed by atoms with van der Waals surface area (Å²) in [4.78, 5) is 36.1. The number of aromatic nitrogens is 2. The van der Waals surface area contributed by atoms with E-state index in [9.17, 15) is 19.5 Å². The summed E-state index contributed by atoms with van der Waals surface area (Å²) in [7, 11) is 0. The van der Waals surface area contributed by atoms with E-state index < -0.39 is 23.0 Å². The van der Waals surface area contributed by atoms with Crippen LogP contribution in [0.5, 0.6) is 5.88 Å². The van der Waals surface area contributed by atoms with Crippen LogP contribution in [0.2, 0.25) is 0 Å². The maximum atomic E-state index is 11.4. The fraction of sp³-hybridized carbons (Fsp3) is 0.500. The van der Waals surface area contributed by atoms with Crippen molar-refractivity contribution in [2.24, 2.45) is 0 Å². The zero-order chi connectivity index (χ0) is 13.0. The third-order valence-corrected chi connectivity index (χ3v) is 2.29. The molecule has 0 saturated carbocycles. The third-order valence-electron chi connectivity index (χ3n) is 2.29. The van der Waals surface area contributed by atoms with Crippen LogP contribution in [-0.2, 0) is 17.8 Å². The number of likely N-dealkylation sites (N-methyl/N-ethyl adjacent to an activating group) is 1. The lowest BCUT2D eigenvalue weighted by Crippen LogP contribution is -2.37. The van der Waals surface area contributed by atoms with E-state index in [-0.39, 0.29) is 18.5 Å². The fourth-order valence-electron chi connectivity index (χ4n) is 1.46. The number of aromatic amines is 1. The highest BCUT2D eigenvalue weighted by atomic mass is 16.3. The molecule has 94 valence electrons. The van der Waals surface area contributed by atoms with Gasteiger partial charge in [-0.05, 0) is 13.3 Å². The van der Waals surface area contributed by atoms with E-state index in [0.29, 0.717) is 6.54 Å². The second-order valence-electron chi connectivity index (χ2n) is 3.45. The number of aromatic hydroxyl groups is 1. The van der Waals surface area contributed by atoms with E-state index in [4.69, 9.17) is 0 Å². The van der Waals surface area contributed by atoms with E-state index in [1.807, 2.05) is 0 Å². The molecule has 7 heteroatoms. The fourth-order valence-corrected chi connectivity index (χ4v) is 1.46. The van der Waals surface area contributed by atoms with Crippen LogP contribution in [0.1, 0.15) is 19.4 Å². The van der Waals surface area contributed by atoms with Crippen LogP contribution in [0, 0.1) is 0 Å². The van der Waals surface area contributed by atoms with Gasteiger partial charge in [0.2, 0.25) is 11.8 Å². The predicted molar refractivity (Wildman–Crippen MR) is 61.0 cm³/mol. The van der Waals surface area contributed by atoms with Crippen molar-refractivity contribution in [3.8, 4) is 5.88 Å². The third kappa shape index (κ3) is 2.74. The Hall–Kier alpha value is -2.05. The Balaban J connectivity index is 3.20. The zero-order valence-corrected chi connectivity index (χ0v) is 9.74. The summed E-state index contributed by atoms with van der Waals surface area (Å²) in [6, 6.07) is 0. The number of rotatable bonds is 4. The van der Waals surface area contributed by atoms with Crippen molar-refractivity contribution in [3.63, 3.8) is 0 Å². The average molecular weight is 241 g/mol. The minimum atomic E-state index is -0.795. The molecule has 0 saturated heterocycles. The van der Waals surface area contributed by atoms with Crippen LogP contribution in [0.25, 0.3) is 0 Å². The second kappa shape index (κ2) is 5.33. The molecule has 1 heterocycles. The van der Waals surface area contributed by atoms with E-state index >= 15 is 0 Å². The molecule has 1 rings (SSSR count). The van der Waals surface area contributed by atoms with Crippen molar-refractivity contribution in [3.05, 3.63) is 26.4 Å². The first-order valence-corrected chi connectivity index (χ1v) is 5.32. The Morgan fingerprint density at radius 1 is 1.41 bits per heavy atom. The van der Waals surface area contributed by atoms with E-state index in [1.165, 1.54) is 0 Å². The van der Waals surface area contributed by atoms with Crippen molar-refractivity contribution in [2.75, 3.05) is 6.54 Å². The molecule has 0 bridgehead atoms. The zero-order valence-electron chi connectivity index (χ0n) is 9.74. The number of amides is 1. The first-order chi connectivity index (χ1) is 8.01. The predicted octanol–water partition coefficient (Wildman–Crippen LogP) is -1.06. The van der Waals surface area contributed by atoms with Crippen molar-refractivity contribution >= 4 is 5.91 Å². The highest BCUT2D eigenvalue weighted by Gasteiger charge is 2.14. The first-order valence-electron chi connectivity index (χ1n) is 5.32. The Labute approximate surface area is 97.1 Å². The minimum Gasteiger partial charge on any atom is -0.494 e. The molecule has 0 aliphatic rings. The lowest BCUT2D eigenvalue weighted by atomic mass is 10.2. The molecule has 1 aromatic heterocycles.